The van der Waals surface area contributed by atoms with E-state index in [-0.39, 0.29) is 12.5 Å². The van der Waals surface area contributed by atoms with Crippen LogP contribution in [0.2, 0.25) is 0 Å². The van der Waals surface area contributed by atoms with E-state index in [2.05, 4.69) is 5.32 Å². The summed E-state index contributed by atoms with van der Waals surface area (Å²) in [6, 6.07) is 14.4. The fourth-order valence-corrected chi connectivity index (χ4v) is 2.29. The molecule has 1 amide bonds. The normalized spacial score (nSPS) is 10.2. The predicted octanol–water partition coefficient (Wildman–Crippen LogP) is 2.70. The van der Waals surface area contributed by atoms with Gasteiger partial charge in [0, 0.05) is 18.7 Å². The molecular formula is C20H23NO5. The molecule has 2 aromatic rings. The minimum absolute atomic E-state index is 0.332. The zero-order chi connectivity index (χ0) is 18.8. The standard InChI is InChI=1S/C20H23NO5/c1-3-25-13-17-11-16(9-10-18(17)24-2)20(23)26-14-19(22)21-12-15-7-5-4-6-8-15/h4-11H,3,12-14H2,1-2H3,(H,21,22). The highest BCUT2D eigenvalue weighted by Gasteiger charge is 2.13. The molecule has 26 heavy (non-hydrogen) atoms. The van der Waals surface area contributed by atoms with Crippen LogP contribution in [0, 0.1) is 0 Å². The molecule has 0 saturated carbocycles. The number of carbonyl (C=O) groups excluding carboxylic acids is 2. The van der Waals surface area contributed by atoms with E-state index in [9.17, 15) is 9.59 Å². The summed E-state index contributed by atoms with van der Waals surface area (Å²) in [7, 11) is 1.56. The van der Waals surface area contributed by atoms with Crippen molar-refractivity contribution in [2.24, 2.45) is 0 Å². The number of hydrogen-bond acceptors (Lipinski definition) is 5. The molecule has 138 valence electrons. The van der Waals surface area contributed by atoms with Gasteiger partial charge < -0.3 is 19.5 Å². The maximum absolute atomic E-state index is 12.2. The van der Waals surface area contributed by atoms with Crippen LogP contribution in [0.5, 0.6) is 5.75 Å². The van der Waals surface area contributed by atoms with Crippen LogP contribution in [-0.4, -0.2) is 32.2 Å². The number of methoxy groups -OCH3 is 1. The maximum atomic E-state index is 12.2. The Morgan fingerprint density at radius 1 is 1.08 bits per heavy atom. The summed E-state index contributed by atoms with van der Waals surface area (Å²) in [6.45, 7) is 2.83. The van der Waals surface area contributed by atoms with Gasteiger partial charge in [-0.2, -0.15) is 0 Å². The predicted molar refractivity (Wildman–Crippen MR) is 96.9 cm³/mol. The minimum atomic E-state index is -0.569. The van der Waals surface area contributed by atoms with Gasteiger partial charge in [0.1, 0.15) is 5.75 Å². The zero-order valence-corrected chi connectivity index (χ0v) is 15.0. The number of benzene rings is 2. The molecule has 0 fully saturated rings. The van der Waals surface area contributed by atoms with Crippen molar-refractivity contribution in [1.82, 2.24) is 5.32 Å². The highest BCUT2D eigenvalue weighted by atomic mass is 16.5. The van der Waals surface area contributed by atoms with E-state index in [1.165, 1.54) is 0 Å². The molecule has 2 rings (SSSR count). The average Bonchev–Trinajstić information content (AvgIpc) is 2.69. The molecule has 0 radical (unpaired) electrons. The van der Waals surface area contributed by atoms with Gasteiger partial charge >= 0.3 is 5.97 Å². The van der Waals surface area contributed by atoms with Gasteiger partial charge in [-0.05, 0) is 30.7 Å². The number of nitrogens with one attached hydrogen (secondary N) is 1. The summed E-state index contributed by atoms with van der Waals surface area (Å²) < 4.78 is 15.7. The molecule has 0 atom stereocenters. The average molecular weight is 357 g/mol. The van der Waals surface area contributed by atoms with Crippen LogP contribution in [0.15, 0.2) is 48.5 Å². The molecule has 0 aromatic heterocycles. The molecule has 0 bridgehead atoms. The van der Waals surface area contributed by atoms with Gasteiger partial charge in [-0.3, -0.25) is 4.79 Å². The van der Waals surface area contributed by atoms with Gasteiger partial charge in [0.2, 0.25) is 0 Å². The minimum Gasteiger partial charge on any atom is -0.496 e. The molecule has 6 heteroatoms. The Balaban J connectivity index is 1.87. The molecule has 0 aliphatic heterocycles. The topological polar surface area (TPSA) is 73.9 Å². The summed E-state index contributed by atoms with van der Waals surface area (Å²) in [5, 5.41) is 2.71. The van der Waals surface area contributed by atoms with Gasteiger partial charge in [-0.15, -0.1) is 0 Å². The van der Waals surface area contributed by atoms with E-state index in [4.69, 9.17) is 14.2 Å². The third kappa shape index (κ3) is 5.89. The first kappa shape index (κ1) is 19.5. The van der Waals surface area contributed by atoms with Crippen LogP contribution in [0.3, 0.4) is 0 Å². The second-order valence-electron chi connectivity index (χ2n) is 5.50. The van der Waals surface area contributed by atoms with Crippen LogP contribution in [-0.2, 0) is 27.4 Å². The second-order valence-corrected chi connectivity index (χ2v) is 5.50. The van der Waals surface area contributed by atoms with Crippen molar-refractivity contribution in [1.29, 1.82) is 0 Å². The van der Waals surface area contributed by atoms with Crippen LogP contribution >= 0.6 is 0 Å². The third-order valence-electron chi connectivity index (χ3n) is 3.64. The van der Waals surface area contributed by atoms with Gasteiger partial charge in [0.25, 0.3) is 5.91 Å². The SMILES string of the molecule is CCOCc1cc(C(=O)OCC(=O)NCc2ccccc2)ccc1OC. The molecule has 0 spiro atoms. The van der Waals surface area contributed by atoms with E-state index in [1.54, 1.807) is 25.3 Å². The van der Waals surface area contributed by atoms with Gasteiger partial charge in [-0.25, -0.2) is 4.79 Å². The summed E-state index contributed by atoms with van der Waals surface area (Å²) in [6.07, 6.45) is 0. The molecule has 6 nitrogen and oxygen atoms in total. The van der Waals surface area contributed by atoms with Crippen molar-refractivity contribution in [2.75, 3.05) is 20.3 Å². The van der Waals surface area contributed by atoms with Crippen LogP contribution in [0.1, 0.15) is 28.4 Å². The molecule has 0 heterocycles. The maximum Gasteiger partial charge on any atom is 0.338 e. The van der Waals surface area contributed by atoms with Crippen molar-refractivity contribution in [2.45, 2.75) is 20.1 Å². The summed E-state index contributed by atoms with van der Waals surface area (Å²) in [5.41, 5.74) is 2.07. The van der Waals surface area contributed by atoms with E-state index in [0.717, 1.165) is 11.1 Å². The first-order valence-electron chi connectivity index (χ1n) is 8.36. The molecular weight excluding hydrogens is 334 g/mol. The Bertz CT molecular complexity index is 730. The Morgan fingerprint density at radius 3 is 2.54 bits per heavy atom. The molecule has 1 N–H and O–H groups in total. The number of rotatable bonds is 9. The second kappa shape index (κ2) is 10.2. The van der Waals surface area contributed by atoms with Crippen LogP contribution in [0.4, 0.5) is 0 Å². The Kier molecular flexibility index (Phi) is 7.64. The first-order valence-corrected chi connectivity index (χ1v) is 8.36. The molecule has 0 aliphatic carbocycles. The monoisotopic (exact) mass is 357 g/mol. The molecule has 0 saturated heterocycles. The summed E-state index contributed by atoms with van der Waals surface area (Å²) >= 11 is 0. The fourth-order valence-electron chi connectivity index (χ4n) is 2.29. The summed E-state index contributed by atoms with van der Waals surface area (Å²) in [5.74, 6) is -0.291. The lowest BCUT2D eigenvalue weighted by Gasteiger charge is -2.11. The number of ether oxygens (including phenoxy) is 3. The lowest BCUT2D eigenvalue weighted by Crippen LogP contribution is -2.28. The van der Waals surface area contributed by atoms with E-state index >= 15 is 0 Å². The van der Waals surface area contributed by atoms with E-state index in [0.29, 0.717) is 31.1 Å². The lowest BCUT2D eigenvalue weighted by atomic mass is 10.1. The van der Waals surface area contributed by atoms with E-state index in [1.807, 2.05) is 37.3 Å². The van der Waals surface area contributed by atoms with E-state index < -0.39 is 5.97 Å². The van der Waals surface area contributed by atoms with Crippen molar-refractivity contribution in [3.05, 3.63) is 65.2 Å². The first-order chi connectivity index (χ1) is 12.6. The zero-order valence-electron chi connectivity index (χ0n) is 15.0. The molecule has 0 aliphatic rings. The Hall–Kier alpha value is -2.86. The van der Waals surface area contributed by atoms with Crippen LogP contribution in [0.25, 0.3) is 0 Å². The van der Waals surface area contributed by atoms with Crippen molar-refractivity contribution < 1.29 is 23.8 Å². The van der Waals surface area contributed by atoms with Crippen molar-refractivity contribution >= 4 is 11.9 Å². The van der Waals surface area contributed by atoms with Crippen LogP contribution < -0.4 is 10.1 Å². The largest absolute Gasteiger partial charge is 0.496 e. The van der Waals surface area contributed by atoms with Crippen molar-refractivity contribution in [3.8, 4) is 5.75 Å². The third-order valence-corrected chi connectivity index (χ3v) is 3.64. The van der Waals surface area contributed by atoms with Crippen molar-refractivity contribution in [3.63, 3.8) is 0 Å². The summed E-state index contributed by atoms with van der Waals surface area (Å²) in [4.78, 5) is 24.0. The number of esters is 1. The fraction of sp³-hybridized carbons (Fsp3) is 0.300. The molecule has 0 unspecified atom stereocenters. The lowest BCUT2D eigenvalue weighted by molar-refractivity contribution is -0.124. The smallest absolute Gasteiger partial charge is 0.338 e. The van der Waals surface area contributed by atoms with Gasteiger partial charge in [-0.1, -0.05) is 30.3 Å². The Morgan fingerprint density at radius 2 is 1.85 bits per heavy atom. The van der Waals surface area contributed by atoms with Gasteiger partial charge in [0.15, 0.2) is 6.61 Å². The molecule has 2 aromatic carbocycles. The number of hydrogen-bond donors (Lipinski definition) is 1. The highest BCUT2D eigenvalue weighted by Crippen LogP contribution is 2.21. The quantitative estimate of drug-likeness (QED) is 0.699. The van der Waals surface area contributed by atoms with Gasteiger partial charge in [0.05, 0.1) is 19.3 Å². The Labute approximate surface area is 153 Å². The number of carbonyl (C=O) groups is 2. The highest BCUT2D eigenvalue weighted by molar-refractivity contribution is 5.91. The number of amides is 1.